The molecule has 0 bridgehead atoms. The van der Waals surface area contributed by atoms with Crippen LogP contribution in [0.3, 0.4) is 0 Å². The number of aryl methyl sites for hydroxylation is 2. The van der Waals surface area contributed by atoms with Crippen molar-refractivity contribution in [2.24, 2.45) is 0 Å². The second-order valence-corrected chi connectivity index (χ2v) is 7.88. The summed E-state index contributed by atoms with van der Waals surface area (Å²) in [5.41, 5.74) is 0.862. The molecule has 0 saturated heterocycles. The summed E-state index contributed by atoms with van der Waals surface area (Å²) < 4.78 is 41.8. The minimum Gasteiger partial charge on any atom is -0.324 e. The Hall–Kier alpha value is -3.95. The van der Waals surface area contributed by atoms with Crippen LogP contribution in [0.4, 0.5) is 18.9 Å². The first-order valence-electron chi connectivity index (χ1n) is 10.6. The monoisotopic (exact) mass is 469 g/mol. The Morgan fingerprint density at radius 3 is 2.41 bits per heavy atom. The highest BCUT2D eigenvalue weighted by molar-refractivity contribution is 5.94. The number of carbonyl (C=O) groups is 1. The summed E-state index contributed by atoms with van der Waals surface area (Å²) in [6.07, 6.45) is -4.34. The molecule has 0 saturated carbocycles. The molecule has 1 atom stereocenters. The Labute approximate surface area is 192 Å². The molecule has 0 aliphatic heterocycles. The van der Waals surface area contributed by atoms with Gasteiger partial charge in [-0.1, -0.05) is 31.2 Å². The highest BCUT2D eigenvalue weighted by atomic mass is 19.4. The van der Waals surface area contributed by atoms with E-state index < -0.39 is 29.2 Å². The number of amides is 1. The number of nitrogens with zero attached hydrogens (tertiary/aromatic N) is 4. The summed E-state index contributed by atoms with van der Waals surface area (Å²) in [6.45, 7) is 5.15. The van der Waals surface area contributed by atoms with Gasteiger partial charge in [-0.2, -0.15) is 23.4 Å². The summed E-state index contributed by atoms with van der Waals surface area (Å²) in [5.74, 6) is -0.636. The highest BCUT2D eigenvalue weighted by Gasteiger charge is 2.31. The fourth-order valence-corrected chi connectivity index (χ4v) is 3.88. The van der Waals surface area contributed by atoms with Crippen LogP contribution in [-0.4, -0.2) is 25.5 Å². The predicted octanol–water partition coefficient (Wildman–Crippen LogP) is 4.81. The second-order valence-electron chi connectivity index (χ2n) is 7.88. The Morgan fingerprint density at radius 1 is 1.06 bits per heavy atom. The van der Waals surface area contributed by atoms with Gasteiger partial charge in [-0.05, 0) is 50.6 Å². The first-order chi connectivity index (χ1) is 16.1. The van der Waals surface area contributed by atoms with Crippen LogP contribution in [0.25, 0.3) is 16.6 Å². The van der Waals surface area contributed by atoms with Crippen molar-refractivity contribution in [1.29, 1.82) is 0 Å². The first-order valence-corrected chi connectivity index (χ1v) is 10.6. The molecular weight excluding hydrogens is 447 g/mol. The number of nitrogens with one attached hydrogen (secondary N) is 1. The van der Waals surface area contributed by atoms with Gasteiger partial charge in [-0.15, -0.1) is 0 Å². The second kappa shape index (κ2) is 8.77. The number of alkyl halides is 3. The number of aromatic nitrogens is 4. The Bertz CT molecular complexity index is 1420. The molecule has 10 heteroatoms. The average Bonchev–Trinajstić information content (AvgIpc) is 3.16. The quantitative estimate of drug-likeness (QED) is 0.455. The summed E-state index contributed by atoms with van der Waals surface area (Å²) >= 11 is 0. The number of rotatable bonds is 5. The molecule has 176 valence electrons. The van der Waals surface area contributed by atoms with Crippen molar-refractivity contribution in [2.45, 2.75) is 39.4 Å². The van der Waals surface area contributed by atoms with Crippen LogP contribution >= 0.6 is 0 Å². The number of hydrogen-bond acceptors (Lipinski definition) is 4. The minimum absolute atomic E-state index is 0.0165. The molecule has 2 aromatic carbocycles. The van der Waals surface area contributed by atoms with Gasteiger partial charge in [0.15, 0.2) is 0 Å². The third-order valence-electron chi connectivity index (χ3n) is 5.58. The number of fused-ring (bicyclic) bond motifs is 1. The van der Waals surface area contributed by atoms with Crippen molar-refractivity contribution >= 4 is 22.5 Å². The van der Waals surface area contributed by atoms with Crippen molar-refractivity contribution in [3.8, 4) is 5.69 Å². The van der Waals surface area contributed by atoms with Crippen LogP contribution < -0.4 is 10.9 Å². The zero-order valence-corrected chi connectivity index (χ0v) is 18.7. The van der Waals surface area contributed by atoms with E-state index in [2.05, 4.69) is 15.5 Å². The lowest BCUT2D eigenvalue weighted by Gasteiger charge is -2.18. The van der Waals surface area contributed by atoms with Gasteiger partial charge in [-0.3, -0.25) is 9.59 Å². The van der Waals surface area contributed by atoms with Crippen molar-refractivity contribution in [2.75, 3.05) is 5.32 Å². The fourth-order valence-electron chi connectivity index (χ4n) is 3.88. The number of carbonyl (C=O) groups excluding carboxylic acids is 1. The number of anilines is 1. The molecule has 1 amide bonds. The van der Waals surface area contributed by atoms with Crippen LogP contribution in [0.2, 0.25) is 0 Å². The molecule has 0 fully saturated rings. The Balaban J connectivity index is 1.75. The van der Waals surface area contributed by atoms with Crippen LogP contribution in [0.15, 0.2) is 59.4 Å². The molecule has 0 spiro atoms. The lowest BCUT2D eigenvalue weighted by molar-refractivity contribution is -0.137. The van der Waals surface area contributed by atoms with Gasteiger partial charge < -0.3 is 5.32 Å². The van der Waals surface area contributed by atoms with Crippen LogP contribution in [0.1, 0.15) is 36.3 Å². The van der Waals surface area contributed by atoms with Crippen LogP contribution in [0, 0.1) is 13.8 Å². The number of para-hydroxylation sites is 1. The summed E-state index contributed by atoms with van der Waals surface area (Å²) in [7, 11) is 0. The molecule has 1 N–H and O–H groups in total. The zero-order chi connectivity index (χ0) is 24.6. The van der Waals surface area contributed by atoms with Crippen molar-refractivity contribution in [3.05, 3.63) is 81.9 Å². The minimum atomic E-state index is -4.54. The average molecular weight is 469 g/mol. The standard InChI is InChI=1S/C24H22F3N5O2/c1-4-19(22(33)28-17-10-8-9-16(13-17)24(25,26)27)32-23(34)20-15(3)31(18-11-6-5-7-12-18)30-21(20)14(2)29-32/h5-13,19H,4H2,1-3H3,(H,28,33). The maximum atomic E-state index is 13.4. The van der Waals surface area contributed by atoms with Gasteiger partial charge in [0.05, 0.1) is 28.0 Å². The van der Waals surface area contributed by atoms with E-state index in [1.807, 2.05) is 30.3 Å². The third kappa shape index (κ3) is 4.18. The third-order valence-corrected chi connectivity index (χ3v) is 5.58. The van der Waals surface area contributed by atoms with Crippen LogP contribution in [-0.2, 0) is 11.0 Å². The van der Waals surface area contributed by atoms with Crippen molar-refractivity contribution in [1.82, 2.24) is 19.6 Å². The molecule has 1 unspecified atom stereocenters. The topological polar surface area (TPSA) is 81.8 Å². The van der Waals surface area contributed by atoms with Crippen molar-refractivity contribution < 1.29 is 18.0 Å². The van der Waals surface area contributed by atoms with Gasteiger partial charge in [0.2, 0.25) is 5.91 Å². The molecule has 2 heterocycles. The molecule has 4 rings (SSSR count). The normalized spacial score (nSPS) is 12.6. The fraction of sp³-hybridized carbons (Fsp3) is 0.250. The molecule has 7 nitrogen and oxygen atoms in total. The van der Waals surface area contributed by atoms with E-state index in [0.29, 0.717) is 22.3 Å². The lowest BCUT2D eigenvalue weighted by Crippen LogP contribution is -2.35. The SMILES string of the molecule is CCC(C(=O)Nc1cccc(C(F)(F)F)c1)n1nc(C)c2nn(-c3ccccc3)c(C)c2c1=O. The maximum absolute atomic E-state index is 13.4. The number of hydrogen-bond donors (Lipinski definition) is 1. The van der Waals surface area contributed by atoms with Gasteiger partial charge in [0, 0.05) is 5.69 Å². The number of benzene rings is 2. The Kier molecular flexibility index (Phi) is 5.99. The molecule has 0 aliphatic rings. The number of halogens is 3. The van der Waals surface area contributed by atoms with Gasteiger partial charge in [0.25, 0.3) is 5.56 Å². The van der Waals surface area contributed by atoms with E-state index in [9.17, 15) is 22.8 Å². The molecule has 0 aliphatic carbocycles. The Morgan fingerprint density at radius 2 is 1.76 bits per heavy atom. The molecule has 0 radical (unpaired) electrons. The van der Waals surface area contributed by atoms with Gasteiger partial charge >= 0.3 is 6.18 Å². The summed E-state index contributed by atoms with van der Waals surface area (Å²) in [5, 5.41) is 11.7. The summed E-state index contributed by atoms with van der Waals surface area (Å²) in [4.78, 5) is 26.4. The van der Waals surface area contributed by atoms with E-state index in [4.69, 9.17) is 0 Å². The molecular formula is C24H22F3N5O2. The lowest BCUT2D eigenvalue weighted by atomic mass is 10.1. The van der Waals surface area contributed by atoms with E-state index >= 15 is 0 Å². The zero-order valence-electron chi connectivity index (χ0n) is 18.7. The van der Waals surface area contributed by atoms with E-state index in [0.717, 1.165) is 22.5 Å². The predicted molar refractivity (Wildman–Crippen MR) is 122 cm³/mol. The molecule has 4 aromatic rings. The maximum Gasteiger partial charge on any atom is 0.416 e. The van der Waals surface area contributed by atoms with E-state index in [1.54, 1.807) is 25.5 Å². The van der Waals surface area contributed by atoms with Crippen LogP contribution in [0.5, 0.6) is 0 Å². The van der Waals surface area contributed by atoms with E-state index in [-0.39, 0.29) is 12.1 Å². The smallest absolute Gasteiger partial charge is 0.324 e. The largest absolute Gasteiger partial charge is 0.416 e. The van der Waals surface area contributed by atoms with E-state index in [1.165, 1.54) is 12.1 Å². The first kappa shape index (κ1) is 23.2. The van der Waals surface area contributed by atoms with Gasteiger partial charge in [-0.25, -0.2) is 9.36 Å². The summed E-state index contributed by atoms with van der Waals surface area (Å²) in [6, 6.07) is 12.6. The van der Waals surface area contributed by atoms with Gasteiger partial charge in [0.1, 0.15) is 11.6 Å². The van der Waals surface area contributed by atoms with Crippen molar-refractivity contribution in [3.63, 3.8) is 0 Å². The highest BCUT2D eigenvalue weighted by Crippen LogP contribution is 2.31. The molecule has 2 aromatic heterocycles. The molecule has 34 heavy (non-hydrogen) atoms.